The van der Waals surface area contributed by atoms with Crippen LogP contribution in [0.2, 0.25) is 0 Å². The van der Waals surface area contributed by atoms with Crippen LogP contribution in [-0.2, 0) is 0 Å². The van der Waals surface area contributed by atoms with Crippen molar-refractivity contribution in [3.05, 3.63) is 109 Å². The van der Waals surface area contributed by atoms with Crippen molar-refractivity contribution < 1.29 is 8.94 Å². The quantitative estimate of drug-likeness (QED) is 0.351. The van der Waals surface area contributed by atoms with Crippen LogP contribution in [0.25, 0.3) is 0 Å². The number of aromatic amines is 2. The number of hydrogen-bond donors (Lipinski definition) is 2. The average Bonchev–Trinajstić information content (AvgIpc) is 3.69. The van der Waals surface area contributed by atoms with Crippen molar-refractivity contribution in [1.82, 2.24) is 39.7 Å². The third-order valence-corrected chi connectivity index (χ3v) is 3.25. The fourth-order valence-electron chi connectivity index (χ4n) is 1.13. The fourth-order valence-corrected chi connectivity index (χ4v) is 1.84. The van der Waals surface area contributed by atoms with E-state index in [9.17, 15) is 0 Å². The summed E-state index contributed by atoms with van der Waals surface area (Å²) in [6.07, 6.45) is 19.6. The summed E-state index contributed by atoms with van der Waals surface area (Å²) in [6, 6.07) is 5.46. The molecule has 0 amide bonds. The van der Waals surface area contributed by atoms with Crippen LogP contribution in [0.1, 0.15) is 0 Å². The monoisotopic (exact) mass is 444 g/mol. The lowest BCUT2D eigenvalue weighted by Crippen LogP contribution is -1.53. The van der Waals surface area contributed by atoms with Gasteiger partial charge in [-0.1, -0.05) is 5.16 Å². The molecule has 30 heavy (non-hydrogen) atoms. The van der Waals surface area contributed by atoms with E-state index in [2.05, 4.69) is 48.6 Å². The number of H-pyrrole nitrogens is 2. The van der Waals surface area contributed by atoms with Crippen molar-refractivity contribution in [3.63, 3.8) is 0 Å². The molecular weight excluding hydrogens is 424 g/mol. The topological polar surface area (TPSA) is 135 Å². The van der Waals surface area contributed by atoms with Gasteiger partial charge in [-0.25, -0.2) is 14.3 Å². The highest BCUT2D eigenvalue weighted by Gasteiger charge is 1.61. The molecule has 0 atom stereocenters. The van der Waals surface area contributed by atoms with Crippen molar-refractivity contribution in [1.29, 1.82) is 0 Å². The summed E-state index contributed by atoms with van der Waals surface area (Å²) in [5, 5.41) is 13.4. The Bertz CT molecular complexity index is 587. The van der Waals surface area contributed by atoms with E-state index in [1.165, 1.54) is 30.5 Å². The minimum atomic E-state index is 1.38. The fraction of sp³-hybridized carbons (Fsp3) is 0. The van der Waals surface area contributed by atoms with E-state index >= 15 is 0 Å². The van der Waals surface area contributed by atoms with Crippen molar-refractivity contribution in [2.75, 3.05) is 0 Å². The zero-order chi connectivity index (χ0) is 21.2. The molecule has 0 fully saturated rings. The highest BCUT2D eigenvalue weighted by atomic mass is 32.1. The number of nitrogens with zero attached hydrogens (tertiary/aromatic N) is 6. The lowest BCUT2D eigenvalue weighted by Gasteiger charge is -1.49. The van der Waals surface area contributed by atoms with Gasteiger partial charge in [0.05, 0.1) is 24.2 Å². The largest absolute Gasteiger partial charge is 0.452 e. The van der Waals surface area contributed by atoms with Crippen LogP contribution in [-0.4, -0.2) is 39.7 Å². The van der Waals surface area contributed by atoms with E-state index in [0.717, 1.165) is 0 Å². The van der Waals surface area contributed by atoms with Crippen molar-refractivity contribution in [3.8, 4) is 0 Å². The zero-order valence-electron chi connectivity index (χ0n) is 15.7. The van der Waals surface area contributed by atoms with Crippen LogP contribution < -0.4 is 0 Å². The molecule has 6 aromatic rings. The Kier molecular flexibility index (Phi) is 17.2. The van der Waals surface area contributed by atoms with E-state index in [-0.39, 0.29) is 0 Å². The Morgan fingerprint density at radius 2 is 1.77 bits per heavy atom. The highest BCUT2D eigenvalue weighted by molar-refractivity contribution is 7.07. The minimum absolute atomic E-state index is 1.38. The van der Waals surface area contributed by atoms with Gasteiger partial charge in [0, 0.05) is 47.9 Å². The van der Waals surface area contributed by atoms with E-state index < -0.39 is 0 Å². The molecule has 0 saturated heterocycles. The zero-order valence-corrected chi connectivity index (χ0v) is 17.3. The second-order valence-corrected chi connectivity index (χ2v) is 5.70. The van der Waals surface area contributed by atoms with Gasteiger partial charge < -0.3 is 13.9 Å². The minimum Gasteiger partial charge on any atom is -0.452 e. The number of oxazole rings is 1. The standard InChI is InChI=1S/2C3H4N2.2C3H3NO.2C3H3NS/c1-2-5-3-4-1;1-2-4-5-3-1;1-2-5-3-4-1;1-2-4-5-3-1;1-2-5-3-4-1;1-2-4-5-3-1/h2*1-3H,(H,4,5);4*1-3H. The Morgan fingerprint density at radius 3 is 1.97 bits per heavy atom. The molecule has 10 nitrogen and oxygen atoms in total. The molecule has 0 spiro atoms. The van der Waals surface area contributed by atoms with Gasteiger partial charge in [0.2, 0.25) is 0 Å². The van der Waals surface area contributed by atoms with Crippen LogP contribution in [0.4, 0.5) is 0 Å². The summed E-state index contributed by atoms with van der Waals surface area (Å²) >= 11 is 3.06. The smallest absolute Gasteiger partial charge is 0.180 e. The van der Waals surface area contributed by atoms with Gasteiger partial charge in [0.15, 0.2) is 6.39 Å². The summed E-state index contributed by atoms with van der Waals surface area (Å²) in [7, 11) is 0. The predicted octanol–water partition coefficient (Wildman–Crippen LogP) is 4.45. The van der Waals surface area contributed by atoms with E-state index in [1.54, 1.807) is 78.8 Å². The third-order valence-electron chi connectivity index (χ3n) is 2.20. The normalized spacial score (nSPS) is 8.00. The average molecular weight is 445 g/mol. The summed E-state index contributed by atoms with van der Waals surface area (Å²) in [4.78, 5) is 13.7. The van der Waals surface area contributed by atoms with Gasteiger partial charge in [-0.3, -0.25) is 10.1 Å². The second kappa shape index (κ2) is 21.4. The van der Waals surface area contributed by atoms with E-state index in [1.807, 2.05) is 22.9 Å². The number of rotatable bonds is 0. The predicted molar refractivity (Wildman–Crippen MR) is 114 cm³/mol. The second-order valence-electron chi connectivity index (χ2n) is 4.26. The van der Waals surface area contributed by atoms with Gasteiger partial charge >= 0.3 is 0 Å². The molecule has 0 bridgehead atoms. The maximum atomic E-state index is 4.47. The molecule has 0 aliphatic carbocycles. The summed E-state index contributed by atoms with van der Waals surface area (Å²) < 4.78 is 12.6. The van der Waals surface area contributed by atoms with Crippen molar-refractivity contribution in [2.24, 2.45) is 0 Å². The number of thiazole rings is 1. The van der Waals surface area contributed by atoms with E-state index in [4.69, 9.17) is 0 Å². The van der Waals surface area contributed by atoms with Crippen LogP contribution in [0, 0.1) is 0 Å². The lowest BCUT2D eigenvalue weighted by molar-refractivity contribution is 0.420. The van der Waals surface area contributed by atoms with Gasteiger partial charge in [-0.15, -0.1) is 11.3 Å². The number of aromatic nitrogens is 8. The number of hydrogen-bond acceptors (Lipinski definition) is 10. The summed E-state index contributed by atoms with van der Waals surface area (Å²) in [5.74, 6) is 0. The molecular formula is C18H20N8O2S2. The molecule has 12 heteroatoms. The molecule has 156 valence electrons. The van der Waals surface area contributed by atoms with Crippen LogP contribution in [0.15, 0.2) is 118 Å². The molecule has 6 aromatic heterocycles. The van der Waals surface area contributed by atoms with Gasteiger partial charge in [-0.05, 0) is 29.7 Å². The maximum Gasteiger partial charge on any atom is 0.180 e. The first-order valence-electron chi connectivity index (χ1n) is 8.19. The van der Waals surface area contributed by atoms with Crippen molar-refractivity contribution in [2.45, 2.75) is 0 Å². The molecule has 0 aliphatic heterocycles. The number of nitrogens with one attached hydrogen (secondary N) is 2. The van der Waals surface area contributed by atoms with Crippen LogP contribution in [0.5, 0.6) is 0 Å². The highest BCUT2D eigenvalue weighted by Crippen LogP contribution is 1.86. The first-order valence-corrected chi connectivity index (χ1v) is 9.97. The Morgan fingerprint density at radius 1 is 0.767 bits per heavy atom. The molecule has 0 aliphatic rings. The Labute approximate surface area is 180 Å². The maximum absolute atomic E-state index is 4.47. The molecule has 0 aromatic carbocycles. The van der Waals surface area contributed by atoms with E-state index in [0.29, 0.717) is 0 Å². The van der Waals surface area contributed by atoms with Crippen LogP contribution in [0.3, 0.4) is 0 Å². The summed E-state index contributed by atoms with van der Waals surface area (Å²) in [5.41, 5.74) is 1.79. The Balaban J connectivity index is 0.000000180. The van der Waals surface area contributed by atoms with Gasteiger partial charge in [0.1, 0.15) is 12.5 Å². The first kappa shape index (κ1) is 24.1. The molecule has 0 unspecified atom stereocenters. The van der Waals surface area contributed by atoms with Gasteiger partial charge in [-0.2, -0.15) is 5.10 Å². The Hall–Kier alpha value is -3.90. The number of imidazole rings is 1. The molecule has 0 saturated carbocycles. The van der Waals surface area contributed by atoms with Crippen LogP contribution >= 0.6 is 22.9 Å². The van der Waals surface area contributed by atoms with Crippen molar-refractivity contribution >= 4 is 22.9 Å². The molecule has 2 N–H and O–H groups in total. The van der Waals surface area contributed by atoms with Gasteiger partial charge in [0.25, 0.3) is 0 Å². The third kappa shape index (κ3) is 18.9. The SMILES string of the molecule is c1c[nH]cn1.c1cn[nH]c1.c1cnoc1.c1cnsc1.c1cocn1.c1cscn1. The molecule has 6 heterocycles. The first-order chi connectivity index (χ1) is 15.0. The lowest BCUT2D eigenvalue weighted by atomic mass is 10.8. The molecule has 0 radical (unpaired) electrons. The molecule has 6 rings (SSSR count). The summed E-state index contributed by atoms with van der Waals surface area (Å²) in [6.45, 7) is 0.